The molecule has 0 spiro atoms. The number of benzene rings is 2. The van der Waals surface area contributed by atoms with Crippen LogP contribution in [0.1, 0.15) is 57.7 Å². The highest BCUT2D eigenvalue weighted by Crippen LogP contribution is 2.38. The fraction of sp³-hybridized carbons (Fsp3) is 0.345. The van der Waals surface area contributed by atoms with Gasteiger partial charge in [-0.2, -0.15) is 0 Å². The van der Waals surface area contributed by atoms with Gasteiger partial charge in [0.15, 0.2) is 4.80 Å². The summed E-state index contributed by atoms with van der Waals surface area (Å²) in [6, 6.07) is 8.81. The predicted molar refractivity (Wildman–Crippen MR) is 178 cm³/mol. The van der Waals surface area contributed by atoms with Gasteiger partial charge in [0.25, 0.3) is 5.56 Å². The van der Waals surface area contributed by atoms with E-state index >= 15 is 0 Å². The first-order valence-corrected chi connectivity index (χ1v) is 16.6. The number of carbonyl (C=O) groups is 1. The molecule has 1 atom stereocenters. The average molecular weight is 851 g/mol. The number of aromatic nitrogens is 1. The van der Waals surface area contributed by atoms with Gasteiger partial charge >= 0.3 is 5.97 Å². The molecule has 1 aromatic heterocycles. The Balaban J connectivity index is 2.00. The molecule has 0 saturated carbocycles. The molecule has 0 bridgehead atoms. The van der Waals surface area contributed by atoms with E-state index in [4.69, 9.17) is 19.2 Å². The number of hydrogen-bond donors (Lipinski definition) is 0. The SMILES string of the molecule is CCCC1=C(C(=O)OCC)[C@@H](c2cc(Br)ccc2OC)n2c(s/c(=C/c3cc(I)c(OC(C)C)c(I)c3)c2=O)=N1. The van der Waals surface area contributed by atoms with Crippen molar-refractivity contribution in [1.82, 2.24) is 4.57 Å². The highest BCUT2D eigenvalue weighted by molar-refractivity contribution is 14.1. The van der Waals surface area contributed by atoms with Crippen molar-refractivity contribution in [3.8, 4) is 11.5 Å². The molecule has 1 aliphatic rings. The Morgan fingerprint density at radius 1 is 1.20 bits per heavy atom. The number of fused-ring (bicyclic) bond motifs is 1. The van der Waals surface area contributed by atoms with E-state index in [0.29, 0.717) is 38.3 Å². The number of rotatable bonds is 9. The maximum absolute atomic E-state index is 14.1. The molecule has 0 aliphatic carbocycles. The van der Waals surface area contributed by atoms with Crippen LogP contribution in [0.15, 0.2) is 55.9 Å². The Kier molecular flexibility index (Phi) is 10.5. The minimum absolute atomic E-state index is 0.0532. The molecule has 0 N–H and O–H groups in total. The lowest BCUT2D eigenvalue weighted by atomic mass is 9.93. The summed E-state index contributed by atoms with van der Waals surface area (Å²) in [5, 5.41) is 0. The number of carbonyl (C=O) groups excluding carboxylic acids is 1. The van der Waals surface area contributed by atoms with Crippen molar-refractivity contribution in [1.29, 1.82) is 0 Å². The summed E-state index contributed by atoms with van der Waals surface area (Å²) >= 11 is 9.38. The summed E-state index contributed by atoms with van der Waals surface area (Å²) in [5.74, 6) is 0.910. The minimum atomic E-state index is -0.756. The van der Waals surface area contributed by atoms with Crippen LogP contribution in [0.4, 0.5) is 0 Å². The third-order valence-electron chi connectivity index (χ3n) is 6.05. The molecular weight excluding hydrogens is 822 g/mol. The average Bonchev–Trinajstić information content (AvgIpc) is 3.20. The summed E-state index contributed by atoms with van der Waals surface area (Å²) < 4.78 is 22.0. The monoisotopic (exact) mass is 850 g/mol. The van der Waals surface area contributed by atoms with Crippen LogP contribution in [0, 0.1) is 7.14 Å². The van der Waals surface area contributed by atoms with Crippen LogP contribution in [-0.2, 0) is 9.53 Å². The highest BCUT2D eigenvalue weighted by atomic mass is 127. The van der Waals surface area contributed by atoms with E-state index < -0.39 is 12.0 Å². The lowest BCUT2D eigenvalue weighted by Gasteiger charge is -2.27. The van der Waals surface area contributed by atoms with Gasteiger partial charge in [-0.1, -0.05) is 40.6 Å². The summed E-state index contributed by atoms with van der Waals surface area (Å²) in [7, 11) is 1.58. The van der Waals surface area contributed by atoms with E-state index in [0.717, 1.165) is 29.3 Å². The van der Waals surface area contributed by atoms with Crippen LogP contribution >= 0.6 is 72.4 Å². The van der Waals surface area contributed by atoms with Crippen LogP contribution in [0.5, 0.6) is 11.5 Å². The normalized spacial score (nSPS) is 15.2. The van der Waals surface area contributed by atoms with Gasteiger partial charge < -0.3 is 14.2 Å². The van der Waals surface area contributed by atoms with Crippen molar-refractivity contribution >= 4 is 84.5 Å². The maximum Gasteiger partial charge on any atom is 0.338 e. The van der Waals surface area contributed by atoms with E-state index in [2.05, 4.69) is 61.1 Å². The molecular formula is C29H29BrI2N2O5S. The number of esters is 1. The highest BCUT2D eigenvalue weighted by Gasteiger charge is 2.36. The number of ether oxygens (including phenoxy) is 3. The number of allylic oxidation sites excluding steroid dienone is 1. The molecule has 0 fully saturated rings. The van der Waals surface area contributed by atoms with Gasteiger partial charge in [-0.05, 0) is 114 Å². The van der Waals surface area contributed by atoms with Gasteiger partial charge in [0, 0.05) is 10.0 Å². The zero-order chi connectivity index (χ0) is 29.1. The summed E-state index contributed by atoms with van der Waals surface area (Å²) in [5.41, 5.74) is 2.31. The number of halogens is 3. The number of hydrogen-bond acceptors (Lipinski definition) is 7. The molecule has 1 aliphatic heterocycles. The fourth-order valence-corrected chi connectivity index (χ4v) is 7.97. The largest absolute Gasteiger partial charge is 0.496 e. The summed E-state index contributed by atoms with van der Waals surface area (Å²) in [4.78, 5) is 32.9. The van der Waals surface area contributed by atoms with Crippen molar-refractivity contribution in [2.75, 3.05) is 13.7 Å². The quantitative estimate of drug-likeness (QED) is 0.186. The maximum atomic E-state index is 14.1. The first kappa shape index (κ1) is 31.2. The van der Waals surface area contributed by atoms with E-state index in [9.17, 15) is 9.59 Å². The predicted octanol–water partition coefficient (Wildman–Crippen LogP) is 6.35. The molecule has 0 saturated heterocycles. The van der Waals surface area contributed by atoms with Crippen LogP contribution in [0.3, 0.4) is 0 Å². The zero-order valence-electron chi connectivity index (χ0n) is 22.7. The Morgan fingerprint density at radius 2 is 1.90 bits per heavy atom. The minimum Gasteiger partial charge on any atom is -0.496 e. The summed E-state index contributed by atoms with van der Waals surface area (Å²) in [6.07, 6.45) is 3.27. The second-order valence-corrected chi connectivity index (χ2v) is 13.5. The molecule has 0 radical (unpaired) electrons. The van der Waals surface area contributed by atoms with E-state index in [1.165, 1.54) is 11.3 Å². The zero-order valence-corrected chi connectivity index (χ0v) is 29.4. The van der Waals surface area contributed by atoms with E-state index in [-0.39, 0.29) is 18.3 Å². The van der Waals surface area contributed by atoms with Crippen molar-refractivity contribution in [3.63, 3.8) is 0 Å². The topological polar surface area (TPSA) is 79.1 Å². The van der Waals surface area contributed by atoms with Crippen LogP contribution in [0.2, 0.25) is 0 Å². The Labute approximate surface area is 272 Å². The molecule has 4 rings (SSSR count). The van der Waals surface area contributed by atoms with Crippen LogP contribution in [0.25, 0.3) is 6.08 Å². The smallest absolute Gasteiger partial charge is 0.338 e. The third kappa shape index (κ3) is 6.51. The van der Waals surface area contributed by atoms with Gasteiger partial charge in [-0.15, -0.1) is 0 Å². The molecule has 7 nitrogen and oxygen atoms in total. The van der Waals surface area contributed by atoms with Gasteiger partial charge in [0.1, 0.15) is 17.5 Å². The third-order valence-corrected chi connectivity index (χ3v) is 9.13. The Morgan fingerprint density at radius 3 is 2.50 bits per heavy atom. The first-order chi connectivity index (χ1) is 19.1. The molecule has 212 valence electrons. The van der Waals surface area contributed by atoms with Gasteiger partial charge in [-0.3, -0.25) is 9.36 Å². The molecule has 0 unspecified atom stereocenters. The number of nitrogens with zero attached hydrogens (tertiary/aromatic N) is 2. The van der Waals surface area contributed by atoms with Crippen molar-refractivity contribution < 1.29 is 19.0 Å². The lowest BCUT2D eigenvalue weighted by Crippen LogP contribution is -2.40. The van der Waals surface area contributed by atoms with Gasteiger partial charge in [0.2, 0.25) is 0 Å². The Hall–Kier alpha value is -1.71. The van der Waals surface area contributed by atoms with Gasteiger partial charge in [-0.25, -0.2) is 9.79 Å². The molecule has 2 heterocycles. The van der Waals surface area contributed by atoms with Crippen molar-refractivity contribution in [2.45, 2.75) is 52.7 Å². The molecule has 3 aromatic rings. The molecule has 11 heteroatoms. The van der Waals surface area contributed by atoms with E-state index in [1.54, 1.807) is 18.6 Å². The Bertz CT molecular complexity index is 1640. The second-order valence-electron chi connectivity index (χ2n) is 9.28. The first-order valence-electron chi connectivity index (χ1n) is 12.8. The van der Waals surface area contributed by atoms with Gasteiger partial charge in [0.05, 0.1) is 42.8 Å². The van der Waals surface area contributed by atoms with Crippen molar-refractivity contribution in [3.05, 3.63) is 84.0 Å². The number of thiazole rings is 1. The number of methoxy groups -OCH3 is 1. The lowest BCUT2D eigenvalue weighted by molar-refractivity contribution is -0.139. The van der Waals surface area contributed by atoms with Crippen LogP contribution < -0.4 is 24.4 Å². The fourth-order valence-electron chi connectivity index (χ4n) is 4.50. The van der Waals surface area contributed by atoms with Crippen LogP contribution in [-0.4, -0.2) is 30.4 Å². The second kappa shape index (κ2) is 13.5. The molecule has 40 heavy (non-hydrogen) atoms. The molecule has 2 aromatic carbocycles. The van der Waals surface area contributed by atoms with E-state index in [1.807, 2.05) is 57.2 Å². The summed E-state index contributed by atoms with van der Waals surface area (Å²) in [6.45, 7) is 8.00. The standard InChI is InChI=1S/C29H29BrI2N2O5S/c1-6-8-21-24(28(36)38-7-2)25(18-14-17(30)9-10-22(18)37-5)34-27(35)23(40-29(34)33-21)13-16-11-19(31)26(20(32)12-16)39-15(3)4/h9-15,25H,6-8H2,1-5H3/b23-13+/t25-/m1/s1. The molecule has 0 amide bonds. The van der Waals surface area contributed by atoms with Crippen molar-refractivity contribution in [2.24, 2.45) is 4.99 Å².